The van der Waals surface area contributed by atoms with Crippen LogP contribution < -0.4 is 10.1 Å². The molecule has 0 radical (unpaired) electrons. The lowest BCUT2D eigenvalue weighted by Gasteiger charge is -2.14. The van der Waals surface area contributed by atoms with E-state index in [2.05, 4.69) is 5.32 Å². The second-order valence-electron chi connectivity index (χ2n) is 3.36. The van der Waals surface area contributed by atoms with Crippen LogP contribution in [0.5, 0.6) is 5.75 Å². The number of amides is 1. The molecule has 0 aliphatic rings. The molecule has 1 aromatic carbocycles. The van der Waals surface area contributed by atoms with Crippen LogP contribution in [0.1, 0.15) is 25.5 Å². The third-order valence-electron chi connectivity index (χ3n) is 2.20. The van der Waals surface area contributed by atoms with Crippen molar-refractivity contribution in [2.45, 2.75) is 19.9 Å². The Morgan fingerprint density at radius 2 is 2.25 bits per heavy atom. The third-order valence-corrected chi connectivity index (χ3v) is 2.20. The molecular formula is C12H17NO3. The van der Waals surface area contributed by atoms with Gasteiger partial charge >= 0.3 is 6.09 Å². The number of hydrogen-bond donors (Lipinski definition) is 1. The van der Waals surface area contributed by atoms with Crippen molar-refractivity contribution in [3.63, 3.8) is 0 Å². The van der Waals surface area contributed by atoms with Gasteiger partial charge in [-0.1, -0.05) is 12.1 Å². The molecule has 4 heteroatoms. The van der Waals surface area contributed by atoms with Crippen molar-refractivity contribution in [2.75, 3.05) is 13.7 Å². The molecule has 0 aromatic heterocycles. The molecule has 0 spiro atoms. The summed E-state index contributed by atoms with van der Waals surface area (Å²) in [7, 11) is 1.61. The van der Waals surface area contributed by atoms with E-state index in [9.17, 15) is 4.79 Å². The number of rotatable bonds is 4. The van der Waals surface area contributed by atoms with Gasteiger partial charge in [0.25, 0.3) is 0 Å². The van der Waals surface area contributed by atoms with E-state index in [0.29, 0.717) is 6.61 Å². The minimum absolute atomic E-state index is 0.103. The Hall–Kier alpha value is -1.71. The van der Waals surface area contributed by atoms with E-state index in [1.165, 1.54) is 0 Å². The summed E-state index contributed by atoms with van der Waals surface area (Å²) in [6.07, 6.45) is -0.405. The van der Waals surface area contributed by atoms with E-state index in [4.69, 9.17) is 9.47 Å². The van der Waals surface area contributed by atoms with Crippen LogP contribution in [0.3, 0.4) is 0 Å². The first-order chi connectivity index (χ1) is 7.67. The predicted octanol–water partition coefficient (Wildman–Crippen LogP) is 2.50. The zero-order valence-electron chi connectivity index (χ0n) is 9.82. The van der Waals surface area contributed by atoms with Crippen LogP contribution >= 0.6 is 0 Å². The van der Waals surface area contributed by atoms with Crippen molar-refractivity contribution in [2.24, 2.45) is 0 Å². The molecule has 1 N–H and O–H groups in total. The van der Waals surface area contributed by atoms with Crippen molar-refractivity contribution in [1.29, 1.82) is 0 Å². The van der Waals surface area contributed by atoms with E-state index in [-0.39, 0.29) is 6.04 Å². The average Bonchev–Trinajstić information content (AvgIpc) is 2.29. The zero-order valence-corrected chi connectivity index (χ0v) is 9.82. The van der Waals surface area contributed by atoms with Gasteiger partial charge < -0.3 is 14.8 Å². The van der Waals surface area contributed by atoms with Crippen molar-refractivity contribution in [3.8, 4) is 5.75 Å². The summed E-state index contributed by atoms with van der Waals surface area (Å²) in [6.45, 7) is 4.04. The average molecular weight is 223 g/mol. The first-order valence-corrected chi connectivity index (χ1v) is 5.24. The lowest BCUT2D eigenvalue weighted by molar-refractivity contribution is 0.149. The monoisotopic (exact) mass is 223 g/mol. The summed E-state index contributed by atoms with van der Waals surface area (Å²) in [5.41, 5.74) is 0.979. The molecule has 16 heavy (non-hydrogen) atoms. The van der Waals surface area contributed by atoms with E-state index in [1.54, 1.807) is 14.0 Å². The van der Waals surface area contributed by atoms with Crippen LogP contribution in [0.25, 0.3) is 0 Å². The topological polar surface area (TPSA) is 47.6 Å². The fraction of sp³-hybridized carbons (Fsp3) is 0.417. The molecule has 1 amide bonds. The molecule has 0 heterocycles. The van der Waals surface area contributed by atoms with Crippen LogP contribution in [0, 0.1) is 0 Å². The quantitative estimate of drug-likeness (QED) is 0.853. The Labute approximate surface area is 95.6 Å². The number of methoxy groups -OCH3 is 1. The molecule has 88 valence electrons. The molecule has 1 atom stereocenters. The maximum absolute atomic E-state index is 11.2. The Kier molecular flexibility index (Phi) is 4.64. The van der Waals surface area contributed by atoms with Crippen molar-refractivity contribution >= 4 is 6.09 Å². The number of carbonyl (C=O) groups excluding carboxylic acids is 1. The Morgan fingerprint density at radius 3 is 2.88 bits per heavy atom. The van der Waals surface area contributed by atoms with Gasteiger partial charge in [-0.05, 0) is 31.5 Å². The van der Waals surface area contributed by atoms with Gasteiger partial charge in [0.05, 0.1) is 19.8 Å². The highest BCUT2D eigenvalue weighted by atomic mass is 16.5. The molecule has 1 aromatic rings. The molecule has 1 rings (SSSR count). The van der Waals surface area contributed by atoms with Gasteiger partial charge in [-0.3, -0.25) is 0 Å². The molecule has 0 unspecified atom stereocenters. The standard InChI is InChI=1S/C12H17NO3/c1-4-16-12(14)13-9(2)10-6-5-7-11(8-10)15-3/h5-9H,4H2,1-3H3,(H,13,14)/t9-/m1/s1. The number of nitrogens with one attached hydrogen (secondary N) is 1. The summed E-state index contributed by atoms with van der Waals surface area (Å²) in [5.74, 6) is 0.773. The number of carbonyl (C=O) groups is 1. The van der Waals surface area contributed by atoms with E-state index in [0.717, 1.165) is 11.3 Å². The van der Waals surface area contributed by atoms with Crippen molar-refractivity contribution in [3.05, 3.63) is 29.8 Å². The Morgan fingerprint density at radius 1 is 1.50 bits per heavy atom. The van der Waals surface area contributed by atoms with E-state index >= 15 is 0 Å². The largest absolute Gasteiger partial charge is 0.497 e. The molecule has 0 saturated heterocycles. The van der Waals surface area contributed by atoms with E-state index < -0.39 is 6.09 Å². The van der Waals surface area contributed by atoms with E-state index in [1.807, 2.05) is 31.2 Å². The fourth-order valence-electron chi connectivity index (χ4n) is 1.34. The van der Waals surface area contributed by atoms with Crippen LogP contribution in [0.2, 0.25) is 0 Å². The molecule has 0 aliphatic carbocycles. The number of benzene rings is 1. The second-order valence-corrected chi connectivity index (χ2v) is 3.36. The minimum Gasteiger partial charge on any atom is -0.497 e. The van der Waals surface area contributed by atoms with Crippen LogP contribution in [0.15, 0.2) is 24.3 Å². The van der Waals surface area contributed by atoms with Gasteiger partial charge in [-0.25, -0.2) is 4.79 Å². The predicted molar refractivity (Wildman–Crippen MR) is 61.6 cm³/mol. The molecular weight excluding hydrogens is 206 g/mol. The highest BCUT2D eigenvalue weighted by molar-refractivity contribution is 5.67. The van der Waals surface area contributed by atoms with Crippen LogP contribution in [0.4, 0.5) is 4.79 Å². The molecule has 0 aliphatic heterocycles. The summed E-state index contributed by atoms with van der Waals surface area (Å²) >= 11 is 0. The molecule has 0 saturated carbocycles. The van der Waals surface area contributed by atoms with Gasteiger partial charge in [0.15, 0.2) is 0 Å². The normalized spacial score (nSPS) is 11.7. The number of hydrogen-bond acceptors (Lipinski definition) is 3. The Bertz CT molecular complexity index is 352. The van der Waals surface area contributed by atoms with Gasteiger partial charge in [0, 0.05) is 0 Å². The lowest BCUT2D eigenvalue weighted by Crippen LogP contribution is -2.27. The summed E-state index contributed by atoms with van der Waals surface area (Å²) in [5, 5.41) is 2.73. The maximum Gasteiger partial charge on any atom is 0.407 e. The second kappa shape index (κ2) is 6.00. The molecule has 0 bridgehead atoms. The fourth-order valence-corrected chi connectivity index (χ4v) is 1.34. The zero-order chi connectivity index (χ0) is 12.0. The highest BCUT2D eigenvalue weighted by Crippen LogP contribution is 2.18. The lowest BCUT2D eigenvalue weighted by atomic mass is 10.1. The summed E-state index contributed by atoms with van der Waals surface area (Å²) < 4.78 is 9.92. The maximum atomic E-state index is 11.2. The molecule has 4 nitrogen and oxygen atoms in total. The minimum atomic E-state index is -0.405. The third kappa shape index (κ3) is 3.46. The summed E-state index contributed by atoms with van der Waals surface area (Å²) in [6, 6.07) is 7.46. The Balaban J connectivity index is 2.64. The van der Waals surface area contributed by atoms with Gasteiger partial charge in [-0.2, -0.15) is 0 Å². The van der Waals surface area contributed by atoms with Gasteiger partial charge in [-0.15, -0.1) is 0 Å². The first kappa shape index (κ1) is 12.4. The first-order valence-electron chi connectivity index (χ1n) is 5.24. The molecule has 0 fully saturated rings. The smallest absolute Gasteiger partial charge is 0.407 e. The van der Waals surface area contributed by atoms with Gasteiger partial charge in [0.2, 0.25) is 0 Å². The van der Waals surface area contributed by atoms with Crippen molar-refractivity contribution in [1.82, 2.24) is 5.32 Å². The number of ether oxygens (including phenoxy) is 2. The van der Waals surface area contributed by atoms with Crippen LogP contribution in [-0.4, -0.2) is 19.8 Å². The SMILES string of the molecule is CCOC(=O)N[C@H](C)c1cccc(OC)c1. The van der Waals surface area contributed by atoms with Gasteiger partial charge in [0.1, 0.15) is 5.75 Å². The van der Waals surface area contributed by atoms with Crippen molar-refractivity contribution < 1.29 is 14.3 Å². The van der Waals surface area contributed by atoms with Crippen LogP contribution in [-0.2, 0) is 4.74 Å². The highest BCUT2D eigenvalue weighted by Gasteiger charge is 2.10. The summed E-state index contributed by atoms with van der Waals surface area (Å²) in [4.78, 5) is 11.2. The number of alkyl carbamates (subject to hydrolysis) is 1.